The fourth-order valence-electron chi connectivity index (χ4n) is 2.90. The number of pyridine rings is 1. The fourth-order valence-corrected chi connectivity index (χ4v) is 4.07. The molecule has 0 aliphatic rings. The molecule has 2 aromatic carbocycles. The van der Waals surface area contributed by atoms with Gasteiger partial charge in [0.05, 0.1) is 16.2 Å². The molecular weight excluding hydrogens is 449 g/mol. The third-order valence-corrected chi connectivity index (χ3v) is 6.01. The molecule has 0 bridgehead atoms. The minimum Gasteiger partial charge on any atom is -0.571 e. The van der Waals surface area contributed by atoms with Crippen LogP contribution in [0.25, 0.3) is 21.6 Å². The van der Waals surface area contributed by atoms with Crippen LogP contribution in [0.1, 0.15) is 19.4 Å². The van der Waals surface area contributed by atoms with Gasteiger partial charge < -0.3 is 9.83 Å². The molecule has 0 saturated carbocycles. The summed E-state index contributed by atoms with van der Waals surface area (Å²) in [5.41, 5.74) is 1.02. The van der Waals surface area contributed by atoms with Crippen LogP contribution < -0.4 is 29.6 Å². The number of aliphatic hydroxyl groups is 1. The fraction of sp³-hybridized carbons (Fsp3) is 0.150. The second-order valence-corrected chi connectivity index (χ2v) is 9.17. The summed E-state index contributed by atoms with van der Waals surface area (Å²) in [7, 11) is -4.03. The zero-order valence-electron chi connectivity index (χ0n) is 17.1. The number of rotatable bonds is 5. The normalized spacial score (nSPS) is 11.9. The van der Waals surface area contributed by atoms with Crippen LogP contribution in [0.3, 0.4) is 0 Å². The summed E-state index contributed by atoms with van der Waals surface area (Å²) in [5.74, 6) is 0. The number of aromatic nitrogens is 4. The third kappa shape index (κ3) is 4.92. The molecule has 4 aromatic rings. The molecule has 31 heavy (non-hydrogen) atoms. The van der Waals surface area contributed by atoms with Gasteiger partial charge in [-0.05, 0) is 55.8 Å². The topological polar surface area (TPSA) is 112 Å². The Balaban J connectivity index is 0.00000272. The Hall–Kier alpha value is -2.01. The molecule has 11 heteroatoms. The van der Waals surface area contributed by atoms with Gasteiger partial charge in [0.25, 0.3) is 0 Å². The van der Waals surface area contributed by atoms with Crippen LogP contribution in [0.15, 0.2) is 65.7 Å². The van der Waals surface area contributed by atoms with E-state index in [4.69, 9.17) is 11.6 Å². The van der Waals surface area contributed by atoms with Crippen molar-refractivity contribution in [2.75, 3.05) is 0 Å². The number of fused-ring (bicyclic) bond motifs is 1. The smallest absolute Gasteiger partial charge is 0.571 e. The summed E-state index contributed by atoms with van der Waals surface area (Å²) in [4.78, 5) is 4.13. The largest absolute Gasteiger partial charge is 1.00 e. The van der Waals surface area contributed by atoms with Gasteiger partial charge in [0.15, 0.2) is 0 Å². The summed E-state index contributed by atoms with van der Waals surface area (Å²) in [6.45, 7) is 3.25. The monoisotopic (exact) mass is 465 g/mol. The van der Waals surface area contributed by atoms with Gasteiger partial charge in [0.1, 0.15) is 15.5 Å². The van der Waals surface area contributed by atoms with Crippen LogP contribution in [0.4, 0.5) is 5.69 Å². The number of benzene rings is 2. The average Bonchev–Trinajstić information content (AvgIpc) is 3.13. The summed E-state index contributed by atoms with van der Waals surface area (Å²) < 4.78 is 31.3. The van der Waals surface area contributed by atoms with E-state index in [9.17, 15) is 13.5 Å². The molecular formula is C20H17ClN5NaO3S. The number of hydrogen-bond donors (Lipinski definition) is 1. The minimum atomic E-state index is -4.03. The van der Waals surface area contributed by atoms with Gasteiger partial charge in [-0.2, -0.15) is 0 Å². The molecule has 0 saturated heterocycles. The first-order valence-electron chi connectivity index (χ1n) is 8.92. The molecule has 1 N–H and O–H groups in total. The van der Waals surface area contributed by atoms with Gasteiger partial charge in [-0.1, -0.05) is 35.0 Å². The Kier molecular flexibility index (Phi) is 6.75. The molecule has 0 radical (unpaired) electrons. The zero-order chi connectivity index (χ0) is 21.5. The van der Waals surface area contributed by atoms with Crippen molar-refractivity contribution in [1.82, 2.24) is 20.0 Å². The van der Waals surface area contributed by atoms with Crippen LogP contribution in [0.5, 0.6) is 0 Å². The van der Waals surface area contributed by atoms with Crippen LogP contribution in [0, 0.1) is 0 Å². The maximum Gasteiger partial charge on any atom is 1.00 e. The first-order chi connectivity index (χ1) is 14.1. The van der Waals surface area contributed by atoms with E-state index in [2.05, 4.69) is 20.0 Å². The van der Waals surface area contributed by atoms with Gasteiger partial charge >= 0.3 is 29.6 Å². The number of sulfonamides is 1. The van der Waals surface area contributed by atoms with E-state index in [1.807, 2.05) is 0 Å². The summed E-state index contributed by atoms with van der Waals surface area (Å²) in [5, 5.41) is 18.5. The molecule has 0 unspecified atom stereocenters. The number of nitrogens with zero attached hydrogens (tertiary/aromatic N) is 5. The van der Waals surface area contributed by atoms with E-state index >= 15 is 0 Å². The van der Waals surface area contributed by atoms with Crippen molar-refractivity contribution < 1.29 is 43.1 Å². The molecule has 0 aliphatic carbocycles. The molecule has 0 atom stereocenters. The van der Waals surface area contributed by atoms with Crippen LogP contribution in [-0.2, 0) is 15.6 Å². The van der Waals surface area contributed by atoms with Crippen molar-refractivity contribution in [1.29, 1.82) is 0 Å². The molecule has 0 amide bonds. The summed E-state index contributed by atoms with van der Waals surface area (Å²) in [6, 6.07) is 14.0. The molecule has 2 aromatic heterocycles. The molecule has 2 heterocycles. The van der Waals surface area contributed by atoms with Crippen LogP contribution >= 0.6 is 11.6 Å². The van der Waals surface area contributed by atoms with E-state index in [0.717, 1.165) is 0 Å². The van der Waals surface area contributed by atoms with Gasteiger partial charge in [-0.3, -0.25) is 0 Å². The van der Waals surface area contributed by atoms with E-state index in [1.165, 1.54) is 22.9 Å². The predicted molar refractivity (Wildman–Crippen MR) is 114 cm³/mol. The number of halogens is 1. The maximum absolute atomic E-state index is 12.9. The van der Waals surface area contributed by atoms with Crippen LogP contribution in [-0.4, -0.2) is 33.5 Å². The minimum absolute atomic E-state index is 0. The van der Waals surface area contributed by atoms with Gasteiger partial charge in [-0.15, -0.1) is 10.8 Å². The van der Waals surface area contributed by atoms with Gasteiger partial charge in [0.2, 0.25) is 5.65 Å². The van der Waals surface area contributed by atoms with Crippen LogP contribution in [0.2, 0.25) is 5.02 Å². The van der Waals surface area contributed by atoms with Crippen molar-refractivity contribution in [3.05, 3.63) is 76.1 Å². The van der Waals surface area contributed by atoms with Gasteiger partial charge in [-0.25, -0.2) is 18.1 Å². The zero-order valence-corrected chi connectivity index (χ0v) is 20.6. The second-order valence-electron chi connectivity index (χ2n) is 7.13. The quantitative estimate of drug-likeness (QED) is 0.442. The Morgan fingerprint density at radius 3 is 2.48 bits per heavy atom. The standard InChI is InChI=1S/C20H17ClN5O3S.Na/c1-20(2,27)13-5-8-15(9-6-13)30(28,29)24-16-10-7-14(21)12-18(16)26-17-4-3-11-22-19(17)23-25-26;/h3-12,27H,1-2H3;/q-1;+1. The van der Waals surface area contributed by atoms with Crippen molar-refractivity contribution in [3.63, 3.8) is 0 Å². The molecule has 4 rings (SSSR count). The second kappa shape index (κ2) is 8.85. The molecule has 0 aliphatic heterocycles. The van der Waals surface area contributed by atoms with E-state index in [0.29, 0.717) is 27.4 Å². The maximum atomic E-state index is 12.9. The molecule has 8 nitrogen and oxygen atoms in total. The summed E-state index contributed by atoms with van der Waals surface area (Å²) >= 11 is 6.14. The number of hydrogen-bond acceptors (Lipinski definition) is 6. The average molecular weight is 466 g/mol. The van der Waals surface area contributed by atoms with Gasteiger partial charge in [0, 0.05) is 11.2 Å². The first-order valence-corrected chi connectivity index (χ1v) is 10.7. The molecule has 0 spiro atoms. The SMILES string of the molecule is CC(C)(O)c1ccc(S(=O)(=O)[N-]c2ccc(Cl)cc2-n2nnc3ncccc32)cc1.[Na+]. The molecule has 154 valence electrons. The predicted octanol–water partition coefficient (Wildman–Crippen LogP) is 1.09. The Morgan fingerprint density at radius 2 is 1.81 bits per heavy atom. The first kappa shape index (κ1) is 23.6. The van der Waals surface area contributed by atoms with E-state index < -0.39 is 15.6 Å². The third-order valence-electron chi connectivity index (χ3n) is 4.47. The Morgan fingerprint density at radius 1 is 1.10 bits per heavy atom. The summed E-state index contributed by atoms with van der Waals surface area (Å²) in [6.07, 6.45) is 1.59. The van der Waals surface area contributed by atoms with Crippen molar-refractivity contribution in [2.24, 2.45) is 0 Å². The van der Waals surface area contributed by atoms with Crippen molar-refractivity contribution in [3.8, 4) is 5.69 Å². The van der Waals surface area contributed by atoms with E-state index in [1.54, 1.807) is 56.4 Å². The Bertz CT molecular complexity index is 1340. The van der Waals surface area contributed by atoms with Crippen molar-refractivity contribution >= 4 is 38.5 Å². The Labute approximate surface area is 206 Å². The molecule has 0 fully saturated rings. The van der Waals surface area contributed by atoms with E-state index in [-0.39, 0.29) is 40.1 Å². The van der Waals surface area contributed by atoms with Crippen molar-refractivity contribution in [2.45, 2.75) is 24.3 Å².